The molecule has 0 aromatic carbocycles. The third-order valence-electron chi connectivity index (χ3n) is 3.72. The number of nitrogens with zero attached hydrogens (tertiary/aromatic N) is 2. The summed E-state index contributed by atoms with van der Waals surface area (Å²) in [5.41, 5.74) is 1.34. The second-order valence-corrected chi connectivity index (χ2v) is 4.86. The first-order valence-corrected chi connectivity index (χ1v) is 6.52. The number of imidazole rings is 1. The van der Waals surface area contributed by atoms with E-state index in [2.05, 4.69) is 28.8 Å². The lowest BCUT2D eigenvalue weighted by Crippen LogP contribution is -2.31. The molecule has 0 amide bonds. The summed E-state index contributed by atoms with van der Waals surface area (Å²) in [4.78, 5) is 4.24. The van der Waals surface area contributed by atoms with Crippen molar-refractivity contribution < 1.29 is 0 Å². The first-order chi connectivity index (χ1) is 7.83. The van der Waals surface area contributed by atoms with Crippen LogP contribution in [0.1, 0.15) is 50.8 Å². The van der Waals surface area contributed by atoms with Crippen LogP contribution in [0, 0.1) is 5.92 Å². The molecule has 0 radical (unpaired) electrons. The molecule has 1 heterocycles. The first-order valence-electron chi connectivity index (χ1n) is 6.52. The highest BCUT2D eigenvalue weighted by Crippen LogP contribution is 2.33. The van der Waals surface area contributed by atoms with Gasteiger partial charge in [-0.15, -0.1) is 0 Å². The van der Waals surface area contributed by atoms with E-state index in [1.165, 1.54) is 37.8 Å². The first kappa shape index (κ1) is 11.6. The molecule has 1 aromatic rings. The minimum absolute atomic E-state index is 0.498. The summed E-state index contributed by atoms with van der Waals surface area (Å²) in [6.07, 6.45) is 10.9. The van der Waals surface area contributed by atoms with Crippen LogP contribution in [-0.4, -0.2) is 16.1 Å². The van der Waals surface area contributed by atoms with Gasteiger partial charge in [-0.25, -0.2) is 4.98 Å². The smallest absolute Gasteiger partial charge is 0.0946 e. The standard InChI is InChI=1S/C13H23N3/c1-3-15-13(11-7-5-4-6-8-11)12-9-14-10-16(12)2/h9-11,13,15H,3-8H2,1-2H3. The maximum atomic E-state index is 4.24. The summed E-state index contributed by atoms with van der Waals surface area (Å²) in [6.45, 7) is 3.22. The largest absolute Gasteiger partial charge is 0.336 e. The van der Waals surface area contributed by atoms with Crippen molar-refractivity contribution in [1.82, 2.24) is 14.9 Å². The minimum Gasteiger partial charge on any atom is -0.336 e. The summed E-state index contributed by atoms with van der Waals surface area (Å²) < 4.78 is 2.15. The van der Waals surface area contributed by atoms with Crippen LogP contribution in [-0.2, 0) is 7.05 Å². The molecule has 0 saturated heterocycles. The van der Waals surface area contributed by atoms with Gasteiger partial charge in [0.05, 0.1) is 18.1 Å². The summed E-state index contributed by atoms with van der Waals surface area (Å²) in [5, 5.41) is 3.63. The number of hydrogen-bond donors (Lipinski definition) is 1. The number of rotatable bonds is 4. The Bertz CT molecular complexity index is 313. The molecule has 2 rings (SSSR count). The zero-order chi connectivity index (χ0) is 11.4. The van der Waals surface area contributed by atoms with Crippen molar-refractivity contribution in [2.75, 3.05) is 6.54 Å². The number of aromatic nitrogens is 2. The van der Waals surface area contributed by atoms with Gasteiger partial charge in [0.1, 0.15) is 0 Å². The maximum absolute atomic E-state index is 4.24. The Hall–Kier alpha value is -0.830. The second-order valence-electron chi connectivity index (χ2n) is 4.86. The molecular weight excluding hydrogens is 198 g/mol. The predicted molar refractivity (Wildman–Crippen MR) is 66.2 cm³/mol. The fourth-order valence-corrected chi connectivity index (χ4v) is 2.87. The van der Waals surface area contributed by atoms with Gasteiger partial charge in [-0.1, -0.05) is 26.2 Å². The molecule has 1 unspecified atom stereocenters. The Morgan fingerprint density at radius 1 is 1.44 bits per heavy atom. The molecule has 3 nitrogen and oxygen atoms in total. The molecule has 1 fully saturated rings. The molecule has 1 atom stereocenters. The van der Waals surface area contributed by atoms with Crippen LogP contribution in [0.25, 0.3) is 0 Å². The van der Waals surface area contributed by atoms with E-state index in [1.807, 2.05) is 12.5 Å². The number of hydrogen-bond acceptors (Lipinski definition) is 2. The van der Waals surface area contributed by atoms with Gasteiger partial charge in [0, 0.05) is 13.2 Å². The Kier molecular flexibility index (Phi) is 3.99. The van der Waals surface area contributed by atoms with E-state index in [1.54, 1.807) is 0 Å². The average Bonchev–Trinajstić information content (AvgIpc) is 2.73. The van der Waals surface area contributed by atoms with Crippen LogP contribution in [0.5, 0.6) is 0 Å². The molecule has 3 heteroatoms. The van der Waals surface area contributed by atoms with Crippen LogP contribution in [0.3, 0.4) is 0 Å². The summed E-state index contributed by atoms with van der Waals surface area (Å²) in [6, 6.07) is 0.498. The Morgan fingerprint density at radius 2 is 2.19 bits per heavy atom. The van der Waals surface area contributed by atoms with Crippen molar-refractivity contribution in [3.63, 3.8) is 0 Å². The highest BCUT2D eigenvalue weighted by atomic mass is 15.1. The molecule has 16 heavy (non-hydrogen) atoms. The van der Waals surface area contributed by atoms with Gasteiger partial charge in [0.15, 0.2) is 0 Å². The Balaban J connectivity index is 2.12. The second kappa shape index (κ2) is 5.48. The van der Waals surface area contributed by atoms with Crippen molar-refractivity contribution >= 4 is 0 Å². The normalized spacial score (nSPS) is 19.9. The molecule has 1 aliphatic rings. The van der Waals surface area contributed by atoms with Gasteiger partial charge < -0.3 is 9.88 Å². The number of aryl methyl sites for hydroxylation is 1. The molecule has 0 spiro atoms. The van der Waals surface area contributed by atoms with Gasteiger partial charge in [0.25, 0.3) is 0 Å². The number of nitrogens with one attached hydrogen (secondary N) is 1. The molecule has 1 aliphatic carbocycles. The van der Waals surface area contributed by atoms with Crippen LogP contribution in [0.15, 0.2) is 12.5 Å². The fourth-order valence-electron chi connectivity index (χ4n) is 2.87. The van der Waals surface area contributed by atoms with Gasteiger partial charge in [-0.2, -0.15) is 0 Å². The summed E-state index contributed by atoms with van der Waals surface area (Å²) in [7, 11) is 2.09. The quantitative estimate of drug-likeness (QED) is 0.847. The van der Waals surface area contributed by atoms with Gasteiger partial charge in [-0.05, 0) is 25.3 Å². The summed E-state index contributed by atoms with van der Waals surface area (Å²) in [5.74, 6) is 0.795. The molecule has 0 bridgehead atoms. The highest BCUT2D eigenvalue weighted by Gasteiger charge is 2.25. The molecule has 1 N–H and O–H groups in total. The van der Waals surface area contributed by atoms with E-state index in [-0.39, 0.29) is 0 Å². The van der Waals surface area contributed by atoms with Crippen molar-refractivity contribution in [1.29, 1.82) is 0 Å². The third-order valence-corrected chi connectivity index (χ3v) is 3.72. The summed E-state index contributed by atoms with van der Waals surface area (Å²) >= 11 is 0. The van der Waals surface area contributed by atoms with Gasteiger partial charge in [-0.3, -0.25) is 0 Å². The van der Waals surface area contributed by atoms with Crippen molar-refractivity contribution in [2.24, 2.45) is 13.0 Å². The van der Waals surface area contributed by atoms with E-state index >= 15 is 0 Å². The molecule has 0 aliphatic heterocycles. The predicted octanol–water partition coefficient (Wildman–Crippen LogP) is 2.65. The van der Waals surface area contributed by atoms with Gasteiger partial charge >= 0.3 is 0 Å². The van der Waals surface area contributed by atoms with Crippen LogP contribution in [0.2, 0.25) is 0 Å². The SMILES string of the molecule is CCNC(c1cncn1C)C1CCCCC1. The molecule has 1 aromatic heterocycles. The van der Waals surface area contributed by atoms with Crippen molar-refractivity contribution in [3.05, 3.63) is 18.2 Å². The fraction of sp³-hybridized carbons (Fsp3) is 0.769. The highest BCUT2D eigenvalue weighted by molar-refractivity contribution is 5.07. The van der Waals surface area contributed by atoms with Crippen molar-refractivity contribution in [2.45, 2.75) is 45.1 Å². The maximum Gasteiger partial charge on any atom is 0.0946 e. The average molecular weight is 221 g/mol. The third kappa shape index (κ3) is 2.46. The molecule has 90 valence electrons. The lowest BCUT2D eigenvalue weighted by Gasteiger charge is -2.31. The van der Waals surface area contributed by atoms with Crippen LogP contribution >= 0.6 is 0 Å². The zero-order valence-electron chi connectivity index (χ0n) is 10.4. The lowest BCUT2D eigenvalue weighted by atomic mass is 9.82. The van der Waals surface area contributed by atoms with E-state index < -0.39 is 0 Å². The molecule has 1 saturated carbocycles. The zero-order valence-corrected chi connectivity index (χ0v) is 10.4. The molecular formula is C13H23N3. The van der Waals surface area contributed by atoms with Gasteiger partial charge in [0.2, 0.25) is 0 Å². The lowest BCUT2D eigenvalue weighted by molar-refractivity contribution is 0.267. The Labute approximate surface area is 98.3 Å². The topological polar surface area (TPSA) is 29.9 Å². The monoisotopic (exact) mass is 221 g/mol. The Morgan fingerprint density at radius 3 is 2.75 bits per heavy atom. The van der Waals surface area contributed by atoms with E-state index in [4.69, 9.17) is 0 Å². The van der Waals surface area contributed by atoms with E-state index in [0.717, 1.165) is 12.5 Å². The van der Waals surface area contributed by atoms with E-state index in [0.29, 0.717) is 6.04 Å². The van der Waals surface area contributed by atoms with Crippen LogP contribution < -0.4 is 5.32 Å². The minimum atomic E-state index is 0.498. The van der Waals surface area contributed by atoms with Crippen molar-refractivity contribution in [3.8, 4) is 0 Å². The van der Waals surface area contributed by atoms with Crippen LogP contribution in [0.4, 0.5) is 0 Å². The van der Waals surface area contributed by atoms with E-state index in [9.17, 15) is 0 Å².